The number of nitrogen functional groups attached to an aromatic ring is 1. The topological polar surface area (TPSA) is 141 Å². The first kappa shape index (κ1) is 27.1. The fraction of sp³-hybridized carbons (Fsp3) is 0.385. The number of aliphatic hydroxyl groups is 1. The number of halogens is 5. The standard InChI is InChI=1S/C26H25F5N8O2/c1-41-19-4-15(28)14(3-16(19)29)17-2-12(8-38-11-37-21-22(32)35-10-36-23(21)38)18(7-34-17)39-9-13(27)5-25(33)20(39)6-26(30,31)24(25)40/h2-4,7,10-11,13,20,24,40H,5-6,8-9,33H2,1H3,(H2,32,35,36)/t13?,20?,24-,25-/m1/s1. The SMILES string of the molecule is COc1cc(F)c(-c2cc(Cn3cnc4c(N)ncnc43)c(N3CC(F)C[C@@]4(N)C3CC(F)(F)[C@@H]4O)cn2)cc1F. The fourth-order valence-electron chi connectivity index (χ4n) is 5.94. The van der Waals surface area contributed by atoms with E-state index in [0.29, 0.717) is 16.7 Å². The number of ether oxygens (including phenoxy) is 1. The number of nitrogens with zero attached hydrogens (tertiary/aromatic N) is 6. The van der Waals surface area contributed by atoms with Gasteiger partial charge in [0.05, 0.1) is 49.1 Å². The average molecular weight is 577 g/mol. The van der Waals surface area contributed by atoms with Gasteiger partial charge in [-0.2, -0.15) is 0 Å². The summed E-state index contributed by atoms with van der Waals surface area (Å²) in [5, 5.41) is 10.4. The number of aliphatic hydroxyl groups excluding tert-OH is 1. The molecule has 0 radical (unpaired) electrons. The van der Waals surface area contributed by atoms with Crippen molar-refractivity contribution in [3.05, 3.63) is 54.2 Å². The lowest BCUT2D eigenvalue weighted by atomic mass is 9.81. The number of anilines is 2. The summed E-state index contributed by atoms with van der Waals surface area (Å²) in [5.41, 5.74) is 11.3. The Morgan fingerprint density at radius 3 is 2.63 bits per heavy atom. The smallest absolute Gasteiger partial charge is 0.277 e. The molecular weight excluding hydrogens is 551 g/mol. The van der Waals surface area contributed by atoms with Crippen LogP contribution < -0.4 is 21.1 Å². The van der Waals surface area contributed by atoms with Gasteiger partial charge in [0.2, 0.25) is 0 Å². The Labute approximate surface area is 229 Å². The van der Waals surface area contributed by atoms with E-state index in [4.69, 9.17) is 16.2 Å². The number of rotatable bonds is 5. The zero-order valence-electron chi connectivity index (χ0n) is 21.6. The molecule has 0 bridgehead atoms. The van der Waals surface area contributed by atoms with Crippen LogP contribution in [0.15, 0.2) is 37.1 Å². The molecular formula is C26H25F5N8O2. The second kappa shape index (κ2) is 9.48. The summed E-state index contributed by atoms with van der Waals surface area (Å²) in [6.45, 7) is -0.319. The minimum atomic E-state index is -3.55. The normalized spacial score (nSPS) is 25.5. The number of imidazole rings is 1. The van der Waals surface area contributed by atoms with Crippen molar-refractivity contribution in [1.82, 2.24) is 24.5 Å². The van der Waals surface area contributed by atoms with E-state index < -0.39 is 54.3 Å². The summed E-state index contributed by atoms with van der Waals surface area (Å²) in [4.78, 5) is 18.0. The Morgan fingerprint density at radius 2 is 1.88 bits per heavy atom. The summed E-state index contributed by atoms with van der Waals surface area (Å²) in [6.07, 6.45) is -1.21. The van der Waals surface area contributed by atoms with Gasteiger partial charge in [0.25, 0.3) is 5.92 Å². The highest BCUT2D eigenvalue weighted by atomic mass is 19.3. The van der Waals surface area contributed by atoms with Crippen LogP contribution in [0, 0.1) is 11.6 Å². The lowest BCUT2D eigenvalue weighted by Gasteiger charge is -2.47. The highest BCUT2D eigenvalue weighted by molar-refractivity contribution is 5.81. The molecule has 4 atom stereocenters. The molecule has 2 aliphatic rings. The van der Waals surface area contributed by atoms with E-state index in [0.717, 1.165) is 12.1 Å². The number of piperidine rings is 1. The van der Waals surface area contributed by atoms with Crippen molar-refractivity contribution in [2.75, 3.05) is 24.3 Å². The molecule has 3 aromatic heterocycles. The van der Waals surface area contributed by atoms with Crippen LogP contribution >= 0.6 is 0 Å². The van der Waals surface area contributed by atoms with Crippen LogP contribution in [-0.4, -0.2) is 73.0 Å². The number of pyridine rings is 1. The molecule has 10 nitrogen and oxygen atoms in total. The highest BCUT2D eigenvalue weighted by Gasteiger charge is 2.66. The molecule has 4 heterocycles. The minimum Gasteiger partial charge on any atom is -0.494 e. The molecule has 41 heavy (non-hydrogen) atoms. The van der Waals surface area contributed by atoms with Crippen LogP contribution in [0.3, 0.4) is 0 Å². The predicted molar refractivity (Wildman–Crippen MR) is 138 cm³/mol. The largest absolute Gasteiger partial charge is 0.494 e. The maximum Gasteiger partial charge on any atom is 0.277 e. The van der Waals surface area contributed by atoms with Gasteiger partial charge in [0, 0.05) is 31.0 Å². The van der Waals surface area contributed by atoms with Crippen LogP contribution in [0.5, 0.6) is 5.75 Å². The number of methoxy groups -OCH3 is 1. The Morgan fingerprint density at radius 1 is 1.10 bits per heavy atom. The monoisotopic (exact) mass is 576 g/mol. The number of nitrogens with two attached hydrogens (primary N) is 2. The molecule has 0 spiro atoms. The van der Waals surface area contributed by atoms with Gasteiger partial charge in [-0.25, -0.2) is 36.9 Å². The van der Waals surface area contributed by atoms with Gasteiger partial charge in [-0.15, -0.1) is 0 Å². The first-order valence-corrected chi connectivity index (χ1v) is 12.6. The molecule has 1 saturated carbocycles. The van der Waals surface area contributed by atoms with E-state index in [-0.39, 0.29) is 41.6 Å². The van der Waals surface area contributed by atoms with E-state index in [9.17, 15) is 18.3 Å². The molecule has 2 unspecified atom stereocenters. The zero-order chi connectivity index (χ0) is 29.3. The van der Waals surface area contributed by atoms with Crippen LogP contribution in [0.25, 0.3) is 22.4 Å². The van der Waals surface area contributed by atoms with Crippen LogP contribution in [0.4, 0.5) is 33.5 Å². The van der Waals surface area contributed by atoms with Crippen molar-refractivity contribution in [1.29, 1.82) is 0 Å². The molecule has 2 fully saturated rings. The van der Waals surface area contributed by atoms with Crippen molar-refractivity contribution in [3.8, 4) is 17.0 Å². The van der Waals surface area contributed by atoms with Gasteiger partial charge in [0.1, 0.15) is 29.9 Å². The first-order chi connectivity index (χ1) is 19.4. The Balaban J connectivity index is 1.50. The third kappa shape index (κ3) is 4.30. The van der Waals surface area contributed by atoms with Crippen molar-refractivity contribution in [2.24, 2.45) is 5.73 Å². The maximum absolute atomic E-state index is 15.1. The van der Waals surface area contributed by atoms with Crippen molar-refractivity contribution in [3.63, 3.8) is 0 Å². The first-order valence-electron chi connectivity index (χ1n) is 12.6. The lowest BCUT2D eigenvalue weighted by Crippen LogP contribution is -2.67. The Kier molecular flexibility index (Phi) is 6.26. The molecule has 15 heteroatoms. The van der Waals surface area contributed by atoms with E-state index >= 15 is 8.78 Å². The molecule has 1 aromatic carbocycles. The molecule has 1 saturated heterocycles. The third-order valence-electron chi connectivity index (χ3n) is 7.90. The van der Waals surface area contributed by atoms with Gasteiger partial charge >= 0.3 is 0 Å². The molecule has 1 aliphatic carbocycles. The summed E-state index contributed by atoms with van der Waals surface area (Å²) in [5.74, 6) is -5.35. The van der Waals surface area contributed by atoms with E-state index in [1.54, 1.807) is 4.57 Å². The zero-order valence-corrected chi connectivity index (χ0v) is 21.6. The molecule has 5 N–H and O–H groups in total. The van der Waals surface area contributed by atoms with E-state index in [2.05, 4.69) is 19.9 Å². The van der Waals surface area contributed by atoms with Crippen molar-refractivity contribution >= 4 is 22.7 Å². The number of alkyl halides is 3. The fourth-order valence-corrected chi connectivity index (χ4v) is 5.94. The van der Waals surface area contributed by atoms with Gasteiger partial charge in [0.15, 0.2) is 23.0 Å². The summed E-state index contributed by atoms with van der Waals surface area (Å²) in [7, 11) is 1.20. The van der Waals surface area contributed by atoms with Crippen LogP contribution in [0.1, 0.15) is 18.4 Å². The molecule has 216 valence electrons. The number of hydrogen-bond acceptors (Lipinski definition) is 9. The quantitative estimate of drug-likeness (QED) is 0.306. The third-order valence-corrected chi connectivity index (χ3v) is 7.90. The highest BCUT2D eigenvalue weighted by Crippen LogP contribution is 2.49. The van der Waals surface area contributed by atoms with E-state index in [1.165, 1.54) is 36.9 Å². The number of benzene rings is 1. The van der Waals surface area contributed by atoms with Gasteiger partial charge < -0.3 is 30.8 Å². The molecule has 6 rings (SSSR count). The van der Waals surface area contributed by atoms with Crippen molar-refractivity contribution in [2.45, 2.75) is 49.2 Å². The number of hydrogen-bond donors (Lipinski definition) is 3. The van der Waals surface area contributed by atoms with Crippen LogP contribution in [-0.2, 0) is 6.54 Å². The number of fused-ring (bicyclic) bond motifs is 2. The predicted octanol–water partition coefficient (Wildman–Crippen LogP) is 2.82. The maximum atomic E-state index is 15.1. The van der Waals surface area contributed by atoms with Crippen LogP contribution in [0.2, 0.25) is 0 Å². The number of aromatic nitrogens is 5. The second-order valence-corrected chi connectivity index (χ2v) is 10.4. The second-order valence-electron chi connectivity index (χ2n) is 10.4. The summed E-state index contributed by atoms with van der Waals surface area (Å²) >= 11 is 0. The van der Waals surface area contributed by atoms with E-state index in [1.807, 2.05) is 0 Å². The van der Waals surface area contributed by atoms with Gasteiger partial charge in [-0.1, -0.05) is 0 Å². The molecule has 0 amide bonds. The van der Waals surface area contributed by atoms with Gasteiger partial charge in [-0.05, 0) is 17.7 Å². The minimum absolute atomic E-state index is 0.0191. The molecule has 4 aromatic rings. The summed E-state index contributed by atoms with van der Waals surface area (Å²) < 4.78 is 80.5. The Bertz CT molecular complexity index is 1650. The van der Waals surface area contributed by atoms with Crippen molar-refractivity contribution < 1.29 is 31.8 Å². The average Bonchev–Trinajstić information content (AvgIpc) is 3.41. The van der Waals surface area contributed by atoms with Gasteiger partial charge in [-0.3, -0.25) is 4.98 Å². The molecule has 1 aliphatic heterocycles. The Hall–Kier alpha value is -4.11. The summed E-state index contributed by atoms with van der Waals surface area (Å²) in [6, 6.07) is 2.11. The lowest BCUT2D eigenvalue weighted by molar-refractivity contribution is -0.106.